The van der Waals surface area contributed by atoms with Gasteiger partial charge in [-0.1, -0.05) is 0 Å². The van der Waals surface area contributed by atoms with E-state index in [1.807, 2.05) is 0 Å². The Morgan fingerprint density at radius 2 is 1.83 bits per heavy atom. The molecule has 1 aliphatic rings. The van der Waals surface area contributed by atoms with Crippen LogP contribution < -0.4 is 0 Å². The molecule has 0 bridgehead atoms. The second-order valence-electron chi connectivity index (χ2n) is 3.68. The third-order valence-corrected chi connectivity index (χ3v) is 4.63. The molecule has 1 rings (SSSR count). The highest BCUT2D eigenvalue weighted by Crippen LogP contribution is 2.29. The zero-order chi connectivity index (χ0) is 14.3. The van der Waals surface area contributed by atoms with Gasteiger partial charge in [0.25, 0.3) is 0 Å². The molecule has 1 aliphatic heterocycles. The SMILES string of the molecule is COC(=O)[C@H]1CS(=O)(=O)[C@@H](C)N1C(=O)C(F)(F)F. The highest BCUT2D eigenvalue weighted by atomic mass is 32.2. The van der Waals surface area contributed by atoms with Crippen molar-refractivity contribution in [3.05, 3.63) is 0 Å². The molecule has 0 aromatic rings. The molecule has 6 nitrogen and oxygen atoms in total. The van der Waals surface area contributed by atoms with Crippen molar-refractivity contribution in [2.24, 2.45) is 0 Å². The van der Waals surface area contributed by atoms with Crippen molar-refractivity contribution in [3.8, 4) is 0 Å². The second kappa shape index (κ2) is 4.41. The fourth-order valence-electron chi connectivity index (χ4n) is 1.64. The zero-order valence-electron chi connectivity index (χ0n) is 9.39. The molecule has 104 valence electrons. The Labute approximate surface area is 101 Å². The lowest BCUT2D eigenvalue weighted by Gasteiger charge is -2.25. The number of amides is 1. The summed E-state index contributed by atoms with van der Waals surface area (Å²) in [5.74, 6) is -4.44. The summed E-state index contributed by atoms with van der Waals surface area (Å²) < 4.78 is 64.1. The predicted molar refractivity (Wildman–Crippen MR) is 52.0 cm³/mol. The Balaban J connectivity index is 3.20. The first-order chi connectivity index (χ1) is 8.02. The van der Waals surface area contributed by atoms with Gasteiger partial charge in [0.2, 0.25) is 0 Å². The van der Waals surface area contributed by atoms with Crippen LogP contribution in [0.15, 0.2) is 0 Å². The van der Waals surface area contributed by atoms with Crippen molar-refractivity contribution in [3.63, 3.8) is 0 Å². The van der Waals surface area contributed by atoms with Crippen LogP contribution in [-0.2, 0) is 24.2 Å². The van der Waals surface area contributed by atoms with Crippen LogP contribution in [0.25, 0.3) is 0 Å². The number of methoxy groups -OCH3 is 1. The van der Waals surface area contributed by atoms with Crippen LogP contribution in [0.5, 0.6) is 0 Å². The number of halogens is 3. The van der Waals surface area contributed by atoms with Crippen LogP contribution in [0.3, 0.4) is 0 Å². The number of rotatable bonds is 1. The standard InChI is InChI=1S/C8H10F3NO5S/c1-4-12(7(14)8(9,10)11)5(6(13)17-2)3-18(4,15)16/h4-5H,3H2,1-2H3/t4-,5+/m0/s1. The third-order valence-electron chi connectivity index (χ3n) is 2.59. The van der Waals surface area contributed by atoms with E-state index < -0.39 is 45.1 Å². The van der Waals surface area contributed by atoms with Crippen molar-refractivity contribution in [2.45, 2.75) is 24.5 Å². The van der Waals surface area contributed by atoms with Gasteiger partial charge in [0, 0.05) is 0 Å². The van der Waals surface area contributed by atoms with Crippen LogP contribution in [0.2, 0.25) is 0 Å². The molecular weight excluding hydrogens is 279 g/mol. The van der Waals surface area contributed by atoms with E-state index >= 15 is 0 Å². The van der Waals surface area contributed by atoms with Crippen molar-refractivity contribution in [2.75, 3.05) is 12.9 Å². The van der Waals surface area contributed by atoms with Crippen LogP contribution >= 0.6 is 0 Å². The van der Waals surface area contributed by atoms with E-state index in [-0.39, 0.29) is 4.90 Å². The maximum Gasteiger partial charge on any atom is 0.471 e. The zero-order valence-corrected chi connectivity index (χ0v) is 10.2. The van der Waals surface area contributed by atoms with E-state index in [9.17, 15) is 31.2 Å². The minimum atomic E-state index is -5.25. The molecule has 10 heteroatoms. The van der Waals surface area contributed by atoms with Crippen LogP contribution in [0.1, 0.15) is 6.92 Å². The maximum absolute atomic E-state index is 12.3. The van der Waals surface area contributed by atoms with Crippen molar-refractivity contribution < 1.29 is 35.9 Å². The number of sulfone groups is 1. The van der Waals surface area contributed by atoms with Gasteiger partial charge in [0.05, 0.1) is 12.9 Å². The van der Waals surface area contributed by atoms with E-state index in [0.717, 1.165) is 14.0 Å². The lowest BCUT2D eigenvalue weighted by atomic mass is 10.2. The van der Waals surface area contributed by atoms with Gasteiger partial charge >= 0.3 is 18.1 Å². The number of alkyl halides is 3. The molecule has 0 unspecified atom stereocenters. The minimum Gasteiger partial charge on any atom is -0.467 e. The van der Waals surface area contributed by atoms with Gasteiger partial charge in [0.15, 0.2) is 9.84 Å². The Kier molecular flexibility index (Phi) is 3.61. The molecular formula is C8H10F3NO5S. The Morgan fingerprint density at radius 3 is 2.22 bits per heavy atom. The molecule has 18 heavy (non-hydrogen) atoms. The summed E-state index contributed by atoms with van der Waals surface area (Å²) in [4.78, 5) is 22.4. The van der Waals surface area contributed by atoms with Crippen molar-refractivity contribution >= 4 is 21.7 Å². The van der Waals surface area contributed by atoms with Gasteiger partial charge in [-0.25, -0.2) is 13.2 Å². The van der Waals surface area contributed by atoms with Gasteiger partial charge in [-0.2, -0.15) is 13.2 Å². The Morgan fingerprint density at radius 1 is 1.33 bits per heavy atom. The molecule has 0 aliphatic carbocycles. The van der Waals surface area contributed by atoms with E-state index in [1.54, 1.807) is 0 Å². The molecule has 1 fully saturated rings. The summed E-state index contributed by atoms with van der Waals surface area (Å²) in [6, 6.07) is -1.76. The Hall–Kier alpha value is -1.32. The number of hydrogen-bond donors (Lipinski definition) is 0. The molecule has 0 N–H and O–H groups in total. The first-order valence-corrected chi connectivity index (χ1v) is 6.42. The molecule has 0 aromatic carbocycles. The number of carbonyl (C=O) groups is 2. The quantitative estimate of drug-likeness (QED) is 0.619. The van der Waals surface area contributed by atoms with Gasteiger partial charge in [-0.15, -0.1) is 0 Å². The van der Waals surface area contributed by atoms with Gasteiger partial charge in [-0.3, -0.25) is 4.79 Å². The molecule has 0 aromatic heterocycles. The molecule has 1 saturated heterocycles. The summed E-state index contributed by atoms with van der Waals surface area (Å²) in [6.45, 7) is 0.919. The topological polar surface area (TPSA) is 80.8 Å². The van der Waals surface area contributed by atoms with Crippen molar-refractivity contribution in [1.29, 1.82) is 0 Å². The maximum atomic E-state index is 12.3. The molecule has 2 atom stereocenters. The molecule has 1 amide bonds. The van der Waals surface area contributed by atoms with E-state index in [0.29, 0.717) is 0 Å². The average Bonchev–Trinajstić information content (AvgIpc) is 2.47. The van der Waals surface area contributed by atoms with E-state index in [1.165, 1.54) is 0 Å². The summed E-state index contributed by atoms with van der Waals surface area (Å²) in [6.07, 6.45) is -5.25. The predicted octanol–water partition coefficient (Wildman–Crippen LogP) is -0.307. The third kappa shape index (κ3) is 2.42. The fraction of sp³-hybridized carbons (Fsp3) is 0.750. The average molecular weight is 289 g/mol. The molecule has 0 spiro atoms. The Bertz CT molecular complexity index is 472. The van der Waals surface area contributed by atoms with Crippen LogP contribution in [0.4, 0.5) is 13.2 Å². The first kappa shape index (κ1) is 14.7. The molecule has 0 saturated carbocycles. The number of esters is 1. The molecule has 1 heterocycles. The molecule has 0 radical (unpaired) electrons. The summed E-state index contributed by atoms with van der Waals surface area (Å²) in [5, 5.41) is -1.71. The number of nitrogens with zero attached hydrogens (tertiary/aromatic N) is 1. The fourth-order valence-corrected chi connectivity index (χ4v) is 3.24. The summed E-state index contributed by atoms with van der Waals surface area (Å²) >= 11 is 0. The number of carbonyl (C=O) groups excluding carboxylic acids is 2. The smallest absolute Gasteiger partial charge is 0.467 e. The van der Waals surface area contributed by atoms with Crippen molar-refractivity contribution in [1.82, 2.24) is 4.90 Å². The van der Waals surface area contributed by atoms with E-state index in [4.69, 9.17) is 0 Å². The highest BCUT2D eigenvalue weighted by molar-refractivity contribution is 7.92. The first-order valence-electron chi connectivity index (χ1n) is 4.71. The number of ether oxygens (including phenoxy) is 1. The summed E-state index contributed by atoms with van der Waals surface area (Å²) in [5.41, 5.74) is 0. The normalized spacial score (nSPS) is 27.1. The number of hydrogen-bond acceptors (Lipinski definition) is 5. The van der Waals surface area contributed by atoms with Gasteiger partial charge in [0.1, 0.15) is 11.4 Å². The largest absolute Gasteiger partial charge is 0.471 e. The van der Waals surface area contributed by atoms with Gasteiger partial charge in [-0.05, 0) is 6.92 Å². The minimum absolute atomic E-state index is 0.00116. The summed E-state index contributed by atoms with van der Waals surface area (Å²) in [7, 11) is -3.08. The van der Waals surface area contributed by atoms with Gasteiger partial charge < -0.3 is 9.64 Å². The van der Waals surface area contributed by atoms with E-state index in [2.05, 4.69) is 4.74 Å². The second-order valence-corrected chi connectivity index (χ2v) is 6.02. The highest BCUT2D eigenvalue weighted by Gasteiger charge is 2.55. The monoisotopic (exact) mass is 289 g/mol. The lowest BCUT2D eigenvalue weighted by molar-refractivity contribution is -0.189. The lowest BCUT2D eigenvalue weighted by Crippen LogP contribution is -2.50. The van der Waals surface area contributed by atoms with Crippen LogP contribution in [-0.4, -0.2) is 55.6 Å². The van der Waals surface area contributed by atoms with Crippen LogP contribution in [0, 0.1) is 0 Å².